The molecular formula is C13H16N2O3S. The van der Waals surface area contributed by atoms with Crippen molar-refractivity contribution < 1.29 is 14.7 Å². The van der Waals surface area contributed by atoms with Crippen molar-refractivity contribution in [2.75, 3.05) is 18.1 Å². The average Bonchev–Trinajstić information content (AvgIpc) is 3.17. The minimum atomic E-state index is -1.01. The van der Waals surface area contributed by atoms with E-state index in [1.54, 1.807) is 23.9 Å². The van der Waals surface area contributed by atoms with E-state index in [1.165, 1.54) is 12.1 Å². The van der Waals surface area contributed by atoms with Crippen LogP contribution in [-0.4, -0.2) is 34.7 Å². The van der Waals surface area contributed by atoms with E-state index in [2.05, 4.69) is 10.6 Å². The van der Waals surface area contributed by atoms with Crippen LogP contribution in [0.4, 0.5) is 10.5 Å². The first-order valence-electron chi connectivity index (χ1n) is 5.98. The molecule has 0 saturated heterocycles. The Morgan fingerprint density at radius 3 is 2.74 bits per heavy atom. The lowest BCUT2D eigenvalue weighted by Gasteiger charge is -2.13. The molecule has 2 rings (SSSR count). The molecule has 1 fully saturated rings. The van der Waals surface area contributed by atoms with Crippen molar-refractivity contribution in [2.45, 2.75) is 17.6 Å². The molecular weight excluding hydrogens is 264 g/mol. The minimum absolute atomic E-state index is 0.153. The van der Waals surface area contributed by atoms with Gasteiger partial charge >= 0.3 is 12.0 Å². The first-order valence-corrected chi connectivity index (χ1v) is 7.20. The van der Waals surface area contributed by atoms with Gasteiger partial charge in [0, 0.05) is 17.0 Å². The van der Waals surface area contributed by atoms with Gasteiger partial charge in [0.15, 0.2) is 0 Å². The number of thioether (sulfide) groups is 1. The molecule has 3 N–H and O–H groups in total. The molecule has 0 radical (unpaired) electrons. The van der Waals surface area contributed by atoms with Crippen LogP contribution in [0.15, 0.2) is 24.3 Å². The average molecular weight is 280 g/mol. The van der Waals surface area contributed by atoms with Crippen LogP contribution >= 0.6 is 11.8 Å². The predicted molar refractivity (Wildman–Crippen MR) is 75.9 cm³/mol. The number of hydrogen-bond acceptors (Lipinski definition) is 3. The number of carbonyl (C=O) groups excluding carboxylic acids is 1. The molecule has 1 aliphatic carbocycles. The Morgan fingerprint density at radius 1 is 1.42 bits per heavy atom. The van der Waals surface area contributed by atoms with E-state index in [0.29, 0.717) is 12.2 Å². The summed E-state index contributed by atoms with van der Waals surface area (Å²) in [6, 6.07) is 5.88. The Balaban J connectivity index is 1.88. The summed E-state index contributed by atoms with van der Waals surface area (Å²) in [4.78, 5) is 22.5. The number of amides is 2. The molecule has 6 heteroatoms. The minimum Gasteiger partial charge on any atom is -0.478 e. The van der Waals surface area contributed by atoms with E-state index in [0.717, 1.165) is 12.8 Å². The van der Waals surface area contributed by atoms with Crippen LogP contribution in [0.3, 0.4) is 0 Å². The molecule has 0 aliphatic heterocycles. The van der Waals surface area contributed by atoms with Gasteiger partial charge in [-0.2, -0.15) is 11.8 Å². The molecule has 5 nitrogen and oxygen atoms in total. The molecule has 2 amide bonds. The normalized spacial score (nSPS) is 15.6. The van der Waals surface area contributed by atoms with Crippen molar-refractivity contribution in [3.8, 4) is 0 Å². The molecule has 0 unspecified atom stereocenters. The lowest BCUT2D eigenvalue weighted by molar-refractivity contribution is 0.0697. The zero-order valence-corrected chi connectivity index (χ0v) is 11.4. The molecule has 0 aromatic heterocycles. The van der Waals surface area contributed by atoms with Gasteiger partial charge in [0.25, 0.3) is 0 Å². The van der Waals surface area contributed by atoms with Gasteiger partial charge in [-0.1, -0.05) is 6.07 Å². The van der Waals surface area contributed by atoms with Crippen molar-refractivity contribution in [1.82, 2.24) is 5.32 Å². The molecule has 1 aromatic carbocycles. The second kappa shape index (κ2) is 5.52. The Bertz CT molecular complexity index is 500. The second-order valence-corrected chi connectivity index (χ2v) is 5.86. The predicted octanol–water partition coefficient (Wildman–Crippen LogP) is 2.40. The number of benzene rings is 1. The van der Waals surface area contributed by atoms with Gasteiger partial charge in [-0.05, 0) is 37.3 Å². The van der Waals surface area contributed by atoms with Crippen molar-refractivity contribution in [3.63, 3.8) is 0 Å². The van der Waals surface area contributed by atoms with Crippen molar-refractivity contribution >= 4 is 29.4 Å². The van der Waals surface area contributed by atoms with Crippen LogP contribution in [0.1, 0.15) is 23.2 Å². The fraction of sp³-hybridized carbons (Fsp3) is 0.385. The van der Waals surface area contributed by atoms with Crippen LogP contribution < -0.4 is 10.6 Å². The van der Waals surface area contributed by atoms with Crippen LogP contribution in [-0.2, 0) is 0 Å². The standard InChI is InChI=1S/C13H16N2O3S/c1-19-13(5-6-13)8-14-12(18)15-10-4-2-3-9(7-10)11(16)17/h2-4,7H,5-6,8H2,1H3,(H,16,17)(H2,14,15,18). The highest BCUT2D eigenvalue weighted by atomic mass is 32.2. The van der Waals surface area contributed by atoms with Gasteiger partial charge in [0.05, 0.1) is 5.56 Å². The smallest absolute Gasteiger partial charge is 0.335 e. The lowest BCUT2D eigenvalue weighted by Crippen LogP contribution is -2.35. The maximum Gasteiger partial charge on any atom is 0.335 e. The lowest BCUT2D eigenvalue weighted by atomic mass is 10.2. The van der Waals surface area contributed by atoms with Gasteiger partial charge in [-0.15, -0.1) is 0 Å². The SMILES string of the molecule is CSC1(CNC(=O)Nc2cccc(C(=O)O)c2)CC1. The summed E-state index contributed by atoms with van der Waals surface area (Å²) in [5.74, 6) is -1.01. The van der Waals surface area contributed by atoms with E-state index in [4.69, 9.17) is 5.11 Å². The maximum atomic E-state index is 11.7. The molecule has 0 bridgehead atoms. The van der Waals surface area contributed by atoms with Crippen molar-refractivity contribution in [1.29, 1.82) is 0 Å². The fourth-order valence-electron chi connectivity index (χ4n) is 1.74. The topological polar surface area (TPSA) is 78.4 Å². The van der Waals surface area contributed by atoms with Crippen LogP contribution in [0.25, 0.3) is 0 Å². The highest BCUT2D eigenvalue weighted by Gasteiger charge is 2.41. The summed E-state index contributed by atoms with van der Waals surface area (Å²) in [7, 11) is 0. The van der Waals surface area contributed by atoms with E-state index < -0.39 is 5.97 Å². The van der Waals surface area contributed by atoms with Crippen LogP contribution in [0.5, 0.6) is 0 Å². The number of carboxylic acids is 1. The first kappa shape index (κ1) is 13.7. The summed E-state index contributed by atoms with van der Waals surface area (Å²) in [5.41, 5.74) is 0.631. The van der Waals surface area contributed by atoms with Crippen molar-refractivity contribution in [2.24, 2.45) is 0 Å². The number of aromatic carboxylic acids is 1. The Kier molecular flexibility index (Phi) is 3.99. The molecule has 1 aliphatic rings. The van der Waals surface area contributed by atoms with E-state index in [-0.39, 0.29) is 16.3 Å². The zero-order chi connectivity index (χ0) is 13.9. The number of rotatable bonds is 5. The summed E-state index contributed by atoms with van der Waals surface area (Å²) in [6.07, 6.45) is 4.30. The second-order valence-electron chi connectivity index (χ2n) is 4.58. The van der Waals surface area contributed by atoms with Crippen molar-refractivity contribution in [3.05, 3.63) is 29.8 Å². The molecule has 102 valence electrons. The summed E-state index contributed by atoms with van der Waals surface area (Å²) < 4.78 is 0.209. The quantitative estimate of drug-likeness (QED) is 0.774. The molecule has 1 aromatic rings. The van der Waals surface area contributed by atoms with Crippen LogP contribution in [0, 0.1) is 0 Å². The highest BCUT2D eigenvalue weighted by Crippen LogP contribution is 2.46. The fourth-order valence-corrected chi connectivity index (χ4v) is 2.47. The Labute approximate surface area is 115 Å². The largest absolute Gasteiger partial charge is 0.478 e. The van der Waals surface area contributed by atoms with E-state index in [9.17, 15) is 9.59 Å². The number of hydrogen-bond donors (Lipinski definition) is 3. The zero-order valence-electron chi connectivity index (χ0n) is 10.6. The Morgan fingerprint density at radius 2 is 2.16 bits per heavy atom. The Hall–Kier alpha value is -1.69. The molecule has 0 heterocycles. The molecule has 1 saturated carbocycles. The third-order valence-electron chi connectivity index (χ3n) is 3.18. The van der Waals surface area contributed by atoms with E-state index >= 15 is 0 Å². The monoisotopic (exact) mass is 280 g/mol. The summed E-state index contributed by atoms with van der Waals surface area (Å²) >= 11 is 1.77. The summed E-state index contributed by atoms with van der Waals surface area (Å²) in [6.45, 7) is 0.638. The molecule has 0 atom stereocenters. The molecule has 19 heavy (non-hydrogen) atoms. The maximum absolute atomic E-state index is 11.7. The number of nitrogens with one attached hydrogen (secondary N) is 2. The molecule has 0 spiro atoms. The third kappa shape index (κ3) is 3.64. The highest BCUT2D eigenvalue weighted by molar-refractivity contribution is 8.00. The van der Waals surface area contributed by atoms with Gasteiger partial charge in [-0.25, -0.2) is 9.59 Å². The first-order chi connectivity index (χ1) is 9.04. The van der Waals surface area contributed by atoms with Crippen LogP contribution in [0.2, 0.25) is 0 Å². The number of urea groups is 1. The van der Waals surface area contributed by atoms with Gasteiger partial charge < -0.3 is 15.7 Å². The van der Waals surface area contributed by atoms with Gasteiger partial charge in [-0.3, -0.25) is 0 Å². The third-order valence-corrected chi connectivity index (χ3v) is 4.60. The summed E-state index contributed by atoms with van der Waals surface area (Å²) in [5, 5.41) is 14.3. The van der Waals surface area contributed by atoms with Gasteiger partial charge in [0.2, 0.25) is 0 Å². The van der Waals surface area contributed by atoms with Gasteiger partial charge in [0.1, 0.15) is 0 Å². The van der Waals surface area contributed by atoms with E-state index in [1.807, 2.05) is 6.26 Å². The number of carboxylic acid groups (broad SMARTS) is 1. The number of carbonyl (C=O) groups is 2. The number of anilines is 1.